The van der Waals surface area contributed by atoms with Crippen LogP contribution in [0.3, 0.4) is 0 Å². The number of hydrogen-bond acceptors (Lipinski definition) is 3. The van der Waals surface area contributed by atoms with Crippen LogP contribution in [0.5, 0.6) is 0 Å². The van der Waals surface area contributed by atoms with Crippen molar-refractivity contribution in [3.63, 3.8) is 0 Å². The summed E-state index contributed by atoms with van der Waals surface area (Å²) in [6.07, 6.45) is 2.21. The lowest BCUT2D eigenvalue weighted by Gasteiger charge is -2.22. The maximum Gasteiger partial charge on any atom is 0.242 e. The van der Waals surface area contributed by atoms with Crippen LogP contribution < -0.4 is 0 Å². The van der Waals surface area contributed by atoms with Gasteiger partial charge in [0.05, 0.1) is 11.0 Å². The molecule has 0 spiro atoms. The highest BCUT2D eigenvalue weighted by Gasteiger charge is 2.30. The zero-order chi connectivity index (χ0) is 14.0. The first-order valence-corrected chi connectivity index (χ1v) is 8.13. The van der Waals surface area contributed by atoms with Crippen LogP contribution in [0.15, 0.2) is 29.2 Å². The Kier molecular flexibility index (Phi) is 4.50. The number of rotatable bonds is 4. The van der Waals surface area contributed by atoms with E-state index in [0.717, 1.165) is 19.3 Å². The Morgan fingerprint density at radius 3 is 2.47 bits per heavy atom. The highest BCUT2D eigenvalue weighted by molar-refractivity contribution is 7.89. The van der Waals surface area contributed by atoms with Gasteiger partial charge in [-0.3, -0.25) is 0 Å². The van der Waals surface area contributed by atoms with E-state index in [-0.39, 0.29) is 16.9 Å². The fourth-order valence-corrected chi connectivity index (χ4v) is 3.80. The summed E-state index contributed by atoms with van der Waals surface area (Å²) in [5.74, 6) is 0.0343. The Labute approximate surface area is 119 Å². The number of halogens is 1. The van der Waals surface area contributed by atoms with Crippen LogP contribution in [0.4, 0.5) is 0 Å². The molecule has 1 N–H and O–H groups in total. The summed E-state index contributed by atoms with van der Waals surface area (Å²) in [5.41, 5.74) is 0. The molecule has 6 heteroatoms. The zero-order valence-electron chi connectivity index (χ0n) is 10.8. The van der Waals surface area contributed by atoms with Gasteiger partial charge in [-0.2, -0.15) is 0 Å². The van der Waals surface area contributed by atoms with Crippen LogP contribution in [0.1, 0.15) is 19.3 Å². The minimum absolute atomic E-state index is 0.0343. The minimum Gasteiger partial charge on any atom is -0.393 e. The van der Waals surface area contributed by atoms with Gasteiger partial charge >= 0.3 is 0 Å². The van der Waals surface area contributed by atoms with E-state index in [1.54, 1.807) is 19.2 Å². The Bertz CT molecular complexity index is 529. The summed E-state index contributed by atoms with van der Waals surface area (Å²) in [6.45, 7) is 0.353. The summed E-state index contributed by atoms with van der Waals surface area (Å²) in [5, 5.41) is 10.3. The van der Waals surface area contributed by atoms with Crippen LogP contribution in [0.2, 0.25) is 5.02 Å². The molecular formula is C13H18ClNO3S. The van der Waals surface area contributed by atoms with Gasteiger partial charge in [-0.1, -0.05) is 18.0 Å². The van der Waals surface area contributed by atoms with E-state index in [2.05, 4.69) is 0 Å². The molecule has 2 atom stereocenters. The number of benzene rings is 1. The number of nitrogens with zero attached hydrogens (tertiary/aromatic N) is 1. The van der Waals surface area contributed by atoms with Crippen molar-refractivity contribution in [3.8, 4) is 0 Å². The molecule has 0 aromatic heterocycles. The SMILES string of the molecule is CN(CC1CCCC1O)S(=O)(=O)c1ccc(Cl)cc1. The van der Waals surface area contributed by atoms with Crippen LogP contribution in [-0.4, -0.2) is 37.5 Å². The number of hydrogen-bond donors (Lipinski definition) is 1. The fraction of sp³-hybridized carbons (Fsp3) is 0.538. The maximum absolute atomic E-state index is 12.3. The Hall–Kier alpha value is -0.620. The molecule has 106 valence electrons. The highest BCUT2D eigenvalue weighted by Crippen LogP contribution is 2.27. The Morgan fingerprint density at radius 1 is 1.32 bits per heavy atom. The second kappa shape index (κ2) is 5.79. The van der Waals surface area contributed by atoms with E-state index >= 15 is 0 Å². The lowest BCUT2D eigenvalue weighted by Crippen LogP contribution is -2.34. The topological polar surface area (TPSA) is 57.6 Å². The van der Waals surface area contributed by atoms with Gasteiger partial charge in [-0.25, -0.2) is 12.7 Å². The summed E-state index contributed by atoms with van der Waals surface area (Å²) < 4.78 is 26.0. The summed E-state index contributed by atoms with van der Waals surface area (Å²) in [4.78, 5) is 0.229. The highest BCUT2D eigenvalue weighted by atomic mass is 35.5. The first-order valence-electron chi connectivity index (χ1n) is 6.31. The van der Waals surface area contributed by atoms with Gasteiger partial charge < -0.3 is 5.11 Å². The lowest BCUT2D eigenvalue weighted by molar-refractivity contribution is 0.123. The summed E-state index contributed by atoms with van der Waals surface area (Å²) in [7, 11) is -1.95. The number of aliphatic hydroxyl groups is 1. The average Bonchev–Trinajstić information content (AvgIpc) is 2.75. The third-order valence-corrected chi connectivity index (χ3v) is 5.72. The summed E-state index contributed by atoms with van der Waals surface area (Å²) >= 11 is 5.76. The van der Waals surface area contributed by atoms with Crippen LogP contribution in [0, 0.1) is 5.92 Å². The summed E-state index contributed by atoms with van der Waals surface area (Å²) in [6, 6.07) is 6.12. The van der Waals surface area contributed by atoms with Crippen molar-refractivity contribution in [2.24, 2.45) is 5.92 Å². The van der Waals surface area contributed by atoms with Gasteiger partial charge in [-0.05, 0) is 43.0 Å². The molecule has 1 aliphatic rings. The predicted molar refractivity (Wildman–Crippen MR) is 74.6 cm³/mol. The predicted octanol–water partition coefficient (Wildman–Crippen LogP) is 2.12. The first kappa shape index (κ1) is 14.8. The third-order valence-electron chi connectivity index (χ3n) is 3.63. The Balaban J connectivity index is 2.12. The fourth-order valence-electron chi connectivity index (χ4n) is 2.45. The molecule has 0 bridgehead atoms. The van der Waals surface area contributed by atoms with Gasteiger partial charge in [0.2, 0.25) is 10.0 Å². The molecule has 0 aliphatic heterocycles. The number of sulfonamides is 1. The van der Waals surface area contributed by atoms with Crippen LogP contribution >= 0.6 is 11.6 Å². The molecule has 0 amide bonds. The monoisotopic (exact) mass is 303 g/mol. The van der Waals surface area contributed by atoms with E-state index in [9.17, 15) is 13.5 Å². The Morgan fingerprint density at radius 2 is 1.95 bits per heavy atom. The molecule has 0 heterocycles. The zero-order valence-corrected chi connectivity index (χ0v) is 12.4. The second-order valence-corrected chi connectivity index (χ2v) is 7.48. The van der Waals surface area contributed by atoms with Gasteiger partial charge in [-0.15, -0.1) is 0 Å². The molecule has 1 aliphatic carbocycles. The molecule has 1 saturated carbocycles. The molecule has 0 radical (unpaired) electrons. The smallest absolute Gasteiger partial charge is 0.242 e. The van der Waals surface area contributed by atoms with Gasteiger partial charge in [0.1, 0.15) is 0 Å². The van der Waals surface area contributed by atoms with E-state index in [0.29, 0.717) is 11.6 Å². The van der Waals surface area contributed by atoms with Crippen molar-refractivity contribution in [2.75, 3.05) is 13.6 Å². The van der Waals surface area contributed by atoms with Gasteiger partial charge in [0.15, 0.2) is 0 Å². The average molecular weight is 304 g/mol. The second-order valence-electron chi connectivity index (χ2n) is 5.00. The quantitative estimate of drug-likeness (QED) is 0.927. The third kappa shape index (κ3) is 3.28. The molecule has 2 rings (SSSR count). The molecule has 1 aromatic rings. The molecule has 0 saturated heterocycles. The molecular weight excluding hydrogens is 286 g/mol. The normalized spacial score (nSPS) is 24.0. The largest absolute Gasteiger partial charge is 0.393 e. The molecule has 2 unspecified atom stereocenters. The number of aliphatic hydroxyl groups excluding tert-OH is 1. The maximum atomic E-state index is 12.3. The van der Waals surface area contributed by atoms with Gasteiger partial charge in [0.25, 0.3) is 0 Å². The molecule has 1 aromatic carbocycles. The van der Waals surface area contributed by atoms with Crippen molar-refractivity contribution in [1.29, 1.82) is 0 Å². The van der Waals surface area contributed by atoms with Gasteiger partial charge in [0, 0.05) is 18.6 Å². The van der Waals surface area contributed by atoms with E-state index in [4.69, 9.17) is 11.6 Å². The lowest BCUT2D eigenvalue weighted by atomic mass is 10.1. The van der Waals surface area contributed by atoms with E-state index in [1.165, 1.54) is 16.4 Å². The molecule has 4 nitrogen and oxygen atoms in total. The van der Waals surface area contributed by atoms with Crippen molar-refractivity contribution in [2.45, 2.75) is 30.3 Å². The van der Waals surface area contributed by atoms with Crippen LogP contribution in [-0.2, 0) is 10.0 Å². The van der Waals surface area contributed by atoms with Crippen molar-refractivity contribution in [1.82, 2.24) is 4.31 Å². The van der Waals surface area contributed by atoms with E-state index in [1.807, 2.05) is 0 Å². The van der Waals surface area contributed by atoms with Crippen molar-refractivity contribution >= 4 is 21.6 Å². The molecule has 19 heavy (non-hydrogen) atoms. The van der Waals surface area contributed by atoms with E-state index < -0.39 is 10.0 Å². The standard InChI is InChI=1S/C13H18ClNO3S/c1-15(9-10-3-2-4-13(10)16)19(17,18)12-7-5-11(14)6-8-12/h5-8,10,13,16H,2-4,9H2,1H3. The molecule has 1 fully saturated rings. The first-order chi connectivity index (χ1) is 8.91. The van der Waals surface area contributed by atoms with Crippen molar-refractivity contribution in [3.05, 3.63) is 29.3 Å². The minimum atomic E-state index is -3.50. The van der Waals surface area contributed by atoms with Crippen LogP contribution in [0.25, 0.3) is 0 Å². The van der Waals surface area contributed by atoms with Crippen molar-refractivity contribution < 1.29 is 13.5 Å².